The summed E-state index contributed by atoms with van der Waals surface area (Å²) in [4.78, 5) is 16.5. The van der Waals surface area contributed by atoms with E-state index in [1.54, 1.807) is 6.20 Å². The standard InChI is InChI=1S/C4H2I2N2O/c5-2-1-7-4(9)8-3(2)6/h1H,(H,7,8,9). The summed E-state index contributed by atoms with van der Waals surface area (Å²) in [5.41, 5.74) is -0.292. The van der Waals surface area contributed by atoms with Crippen molar-refractivity contribution < 1.29 is 0 Å². The van der Waals surface area contributed by atoms with Crippen molar-refractivity contribution in [1.29, 1.82) is 0 Å². The molecule has 0 aliphatic carbocycles. The number of nitrogens with one attached hydrogen (secondary N) is 1. The van der Waals surface area contributed by atoms with E-state index in [-0.39, 0.29) is 5.69 Å². The molecule has 1 N–H and O–H groups in total. The van der Waals surface area contributed by atoms with Gasteiger partial charge in [-0.05, 0) is 45.2 Å². The fourth-order valence-electron chi connectivity index (χ4n) is 0.358. The fraction of sp³-hybridized carbons (Fsp3) is 0. The maximum Gasteiger partial charge on any atom is 0.345 e. The summed E-state index contributed by atoms with van der Waals surface area (Å²) in [6.07, 6.45) is 1.54. The van der Waals surface area contributed by atoms with Crippen molar-refractivity contribution in [2.45, 2.75) is 0 Å². The molecule has 0 saturated carbocycles. The molecule has 1 aromatic rings. The minimum absolute atomic E-state index is 0.292. The largest absolute Gasteiger partial charge is 0.345 e. The van der Waals surface area contributed by atoms with Gasteiger partial charge in [-0.15, -0.1) is 0 Å². The molecule has 0 radical (unpaired) electrons. The number of H-pyrrole nitrogens is 1. The lowest BCUT2D eigenvalue weighted by Gasteiger charge is -1.89. The van der Waals surface area contributed by atoms with Gasteiger partial charge in [0.15, 0.2) is 0 Å². The quantitative estimate of drug-likeness (QED) is 0.561. The second-order valence-electron chi connectivity index (χ2n) is 1.35. The average molecular weight is 348 g/mol. The first-order valence-corrected chi connectivity index (χ1v) is 4.26. The van der Waals surface area contributed by atoms with E-state index in [4.69, 9.17) is 0 Å². The Morgan fingerprint density at radius 3 is 2.67 bits per heavy atom. The van der Waals surface area contributed by atoms with Gasteiger partial charge in [0, 0.05) is 6.20 Å². The van der Waals surface area contributed by atoms with Crippen LogP contribution in [0, 0.1) is 7.27 Å². The molecular weight excluding hydrogens is 346 g/mol. The molecule has 1 aromatic heterocycles. The number of nitrogens with zero attached hydrogens (tertiary/aromatic N) is 1. The number of hydrogen-bond donors (Lipinski definition) is 1. The molecule has 0 bridgehead atoms. The third-order valence-electron chi connectivity index (χ3n) is 0.722. The molecule has 0 aromatic carbocycles. The Morgan fingerprint density at radius 1 is 1.56 bits per heavy atom. The van der Waals surface area contributed by atoms with Crippen LogP contribution in [0.4, 0.5) is 0 Å². The third kappa shape index (κ3) is 1.88. The number of aromatic nitrogens is 2. The zero-order valence-electron chi connectivity index (χ0n) is 4.19. The molecule has 5 heteroatoms. The van der Waals surface area contributed by atoms with Crippen molar-refractivity contribution in [1.82, 2.24) is 9.97 Å². The van der Waals surface area contributed by atoms with Crippen molar-refractivity contribution in [3.8, 4) is 0 Å². The van der Waals surface area contributed by atoms with Crippen LogP contribution in [0.3, 0.4) is 0 Å². The molecular formula is C4H2I2N2O. The number of rotatable bonds is 0. The Bertz CT molecular complexity index is 270. The lowest BCUT2D eigenvalue weighted by Crippen LogP contribution is -2.11. The van der Waals surface area contributed by atoms with Crippen LogP contribution in [0.2, 0.25) is 0 Å². The summed E-state index contributed by atoms with van der Waals surface area (Å²) in [6, 6.07) is 0. The van der Waals surface area contributed by atoms with Gasteiger partial charge < -0.3 is 0 Å². The van der Waals surface area contributed by atoms with Crippen LogP contribution in [-0.4, -0.2) is 9.97 Å². The molecule has 0 amide bonds. The number of aromatic amines is 1. The molecule has 1 heterocycles. The van der Waals surface area contributed by atoms with Crippen molar-refractivity contribution in [2.24, 2.45) is 0 Å². The SMILES string of the molecule is O=c1ncc(I)c(I)[nH]1. The Morgan fingerprint density at radius 2 is 2.22 bits per heavy atom. The first-order chi connectivity index (χ1) is 4.20. The van der Waals surface area contributed by atoms with E-state index in [2.05, 4.69) is 32.6 Å². The molecule has 0 spiro atoms. The van der Waals surface area contributed by atoms with Crippen molar-refractivity contribution in [3.63, 3.8) is 0 Å². The fourth-order valence-corrected chi connectivity index (χ4v) is 1.00. The smallest absolute Gasteiger partial charge is 0.300 e. The highest BCUT2D eigenvalue weighted by atomic mass is 127. The van der Waals surface area contributed by atoms with Gasteiger partial charge in [-0.25, -0.2) is 9.78 Å². The molecule has 0 fully saturated rings. The van der Waals surface area contributed by atoms with Gasteiger partial charge in [0.25, 0.3) is 0 Å². The summed E-state index contributed by atoms with van der Waals surface area (Å²) in [6.45, 7) is 0. The molecule has 1 rings (SSSR count). The minimum atomic E-state index is -0.292. The topological polar surface area (TPSA) is 45.8 Å². The maximum atomic E-state index is 10.5. The van der Waals surface area contributed by atoms with Gasteiger partial charge in [0.1, 0.15) is 0 Å². The van der Waals surface area contributed by atoms with Crippen LogP contribution in [0.15, 0.2) is 11.0 Å². The van der Waals surface area contributed by atoms with Crippen LogP contribution in [0.5, 0.6) is 0 Å². The van der Waals surface area contributed by atoms with E-state index in [9.17, 15) is 4.79 Å². The van der Waals surface area contributed by atoms with Crippen molar-refractivity contribution in [2.75, 3.05) is 0 Å². The zero-order chi connectivity index (χ0) is 6.85. The lowest BCUT2D eigenvalue weighted by atomic mass is 10.7. The van der Waals surface area contributed by atoms with Gasteiger partial charge >= 0.3 is 5.69 Å². The average Bonchev–Trinajstić information content (AvgIpc) is 1.80. The monoisotopic (exact) mass is 348 g/mol. The van der Waals surface area contributed by atoms with E-state index < -0.39 is 0 Å². The number of halogens is 2. The molecule has 0 aliphatic heterocycles. The summed E-state index contributed by atoms with van der Waals surface area (Å²) in [5, 5.41) is 0. The molecule has 9 heavy (non-hydrogen) atoms. The van der Waals surface area contributed by atoms with Crippen molar-refractivity contribution in [3.05, 3.63) is 24.0 Å². The van der Waals surface area contributed by atoms with Crippen LogP contribution in [0.1, 0.15) is 0 Å². The predicted octanol–water partition coefficient (Wildman–Crippen LogP) is 0.979. The minimum Gasteiger partial charge on any atom is -0.300 e. The molecule has 0 unspecified atom stereocenters. The normalized spacial score (nSPS) is 9.56. The van der Waals surface area contributed by atoms with E-state index in [0.29, 0.717) is 0 Å². The van der Waals surface area contributed by atoms with Crippen LogP contribution in [-0.2, 0) is 0 Å². The van der Waals surface area contributed by atoms with E-state index in [1.807, 2.05) is 22.6 Å². The van der Waals surface area contributed by atoms with Gasteiger partial charge in [0.2, 0.25) is 0 Å². The van der Waals surface area contributed by atoms with Gasteiger partial charge in [-0.2, -0.15) is 0 Å². The van der Waals surface area contributed by atoms with Crippen LogP contribution >= 0.6 is 45.2 Å². The Hall–Kier alpha value is 0.340. The van der Waals surface area contributed by atoms with Gasteiger partial charge in [0.05, 0.1) is 7.27 Å². The lowest BCUT2D eigenvalue weighted by molar-refractivity contribution is 1.03. The highest BCUT2D eigenvalue weighted by Crippen LogP contribution is 2.06. The molecule has 0 aliphatic rings. The second kappa shape index (κ2) is 2.95. The van der Waals surface area contributed by atoms with E-state index >= 15 is 0 Å². The summed E-state index contributed by atoms with van der Waals surface area (Å²) in [5.74, 6) is 0. The molecule has 0 saturated heterocycles. The molecule has 48 valence electrons. The molecule has 0 atom stereocenters. The molecule has 3 nitrogen and oxygen atoms in total. The zero-order valence-corrected chi connectivity index (χ0v) is 8.50. The summed E-state index contributed by atoms with van der Waals surface area (Å²) in [7, 11) is 0. The first-order valence-electron chi connectivity index (χ1n) is 2.10. The maximum absolute atomic E-state index is 10.5. The van der Waals surface area contributed by atoms with Gasteiger partial charge in [-0.3, -0.25) is 4.98 Å². The Kier molecular flexibility index (Phi) is 2.44. The summed E-state index contributed by atoms with van der Waals surface area (Å²) < 4.78 is 1.81. The van der Waals surface area contributed by atoms with E-state index in [0.717, 1.165) is 7.27 Å². The Balaban J connectivity index is 3.34. The first kappa shape index (κ1) is 7.45. The van der Waals surface area contributed by atoms with Crippen LogP contribution < -0.4 is 5.69 Å². The third-order valence-corrected chi connectivity index (χ3v) is 3.42. The Labute approximate surface area is 78.6 Å². The second-order valence-corrected chi connectivity index (χ2v) is 3.59. The van der Waals surface area contributed by atoms with E-state index in [1.165, 1.54) is 0 Å². The van der Waals surface area contributed by atoms with Gasteiger partial charge in [-0.1, -0.05) is 0 Å². The van der Waals surface area contributed by atoms with Crippen molar-refractivity contribution >= 4 is 45.2 Å². The highest BCUT2D eigenvalue weighted by molar-refractivity contribution is 14.1. The number of hydrogen-bond acceptors (Lipinski definition) is 2. The predicted molar refractivity (Wildman–Crippen MR) is 50.3 cm³/mol. The van der Waals surface area contributed by atoms with Crippen LogP contribution in [0.25, 0.3) is 0 Å². The summed E-state index contributed by atoms with van der Waals surface area (Å²) >= 11 is 4.15. The highest BCUT2D eigenvalue weighted by Gasteiger charge is 1.93.